The lowest BCUT2D eigenvalue weighted by Crippen LogP contribution is -2.46. The van der Waals surface area contributed by atoms with Crippen molar-refractivity contribution in [2.45, 2.75) is 32.7 Å². The zero-order valence-electron chi connectivity index (χ0n) is 11.1. The van der Waals surface area contributed by atoms with E-state index in [0.717, 1.165) is 43.7 Å². The molecule has 1 saturated heterocycles. The van der Waals surface area contributed by atoms with Crippen LogP contribution in [0.25, 0.3) is 0 Å². The molecule has 0 unspecified atom stereocenters. The molecule has 1 N–H and O–H groups in total. The molecule has 0 atom stereocenters. The van der Waals surface area contributed by atoms with E-state index < -0.39 is 0 Å². The van der Waals surface area contributed by atoms with Gasteiger partial charge in [-0.2, -0.15) is 0 Å². The van der Waals surface area contributed by atoms with Gasteiger partial charge in [0.15, 0.2) is 0 Å². The largest absolute Gasteiger partial charge is 0.336 e. The highest BCUT2D eigenvalue weighted by Gasteiger charge is 2.24. The van der Waals surface area contributed by atoms with Gasteiger partial charge in [-0.15, -0.1) is 0 Å². The van der Waals surface area contributed by atoms with Crippen LogP contribution in [0, 0.1) is 6.92 Å². The molecule has 1 aromatic rings. The van der Waals surface area contributed by atoms with Crippen LogP contribution in [0.1, 0.15) is 35.8 Å². The number of piperidine rings is 1. The van der Waals surface area contributed by atoms with Crippen LogP contribution in [0.15, 0.2) is 18.3 Å². The standard InChI is InChI=1S/C14H21N3O/c1-3-17(13-5-7-15-8-6-13)14(18)12-4-9-16-11(2)10-12/h4,9-10,13,15H,3,5-8H2,1-2H3. The Morgan fingerprint density at radius 3 is 2.83 bits per heavy atom. The summed E-state index contributed by atoms with van der Waals surface area (Å²) in [6, 6.07) is 4.04. The molecule has 1 amide bonds. The van der Waals surface area contributed by atoms with Crippen molar-refractivity contribution in [3.8, 4) is 0 Å². The Morgan fingerprint density at radius 2 is 2.22 bits per heavy atom. The fourth-order valence-electron chi connectivity index (χ4n) is 2.53. The van der Waals surface area contributed by atoms with Crippen LogP contribution in [0.3, 0.4) is 0 Å². The first-order valence-electron chi connectivity index (χ1n) is 6.66. The summed E-state index contributed by atoms with van der Waals surface area (Å²) in [7, 11) is 0. The molecule has 1 fully saturated rings. The number of carbonyl (C=O) groups is 1. The lowest BCUT2D eigenvalue weighted by Gasteiger charge is -2.34. The smallest absolute Gasteiger partial charge is 0.254 e. The molecule has 0 bridgehead atoms. The number of hydrogen-bond donors (Lipinski definition) is 1. The van der Waals surface area contributed by atoms with Gasteiger partial charge in [0, 0.05) is 30.0 Å². The SMILES string of the molecule is CCN(C(=O)c1ccnc(C)c1)C1CCNCC1. The highest BCUT2D eigenvalue weighted by molar-refractivity contribution is 5.94. The predicted octanol–water partition coefficient (Wildman–Crippen LogP) is 1.60. The Balaban J connectivity index is 2.14. The first-order valence-corrected chi connectivity index (χ1v) is 6.66. The molecule has 0 radical (unpaired) electrons. The van der Waals surface area contributed by atoms with Gasteiger partial charge in [-0.25, -0.2) is 0 Å². The van der Waals surface area contributed by atoms with Crippen LogP contribution in [0.4, 0.5) is 0 Å². The molecule has 2 heterocycles. The number of hydrogen-bond acceptors (Lipinski definition) is 3. The number of aryl methyl sites for hydroxylation is 1. The molecular formula is C14H21N3O. The Labute approximate surface area is 108 Å². The van der Waals surface area contributed by atoms with Crippen LogP contribution in [-0.2, 0) is 0 Å². The van der Waals surface area contributed by atoms with E-state index in [1.165, 1.54) is 0 Å². The van der Waals surface area contributed by atoms with E-state index in [-0.39, 0.29) is 5.91 Å². The third-order valence-electron chi connectivity index (χ3n) is 3.49. The summed E-state index contributed by atoms with van der Waals surface area (Å²) >= 11 is 0. The maximum atomic E-state index is 12.5. The fraction of sp³-hybridized carbons (Fsp3) is 0.571. The number of rotatable bonds is 3. The lowest BCUT2D eigenvalue weighted by molar-refractivity contribution is 0.0656. The van der Waals surface area contributed by atoms with E-state index in [1.54, 1.807) is 12.3 Å². The first kappa shape index (κ1) is 13.0. The molecule has 18 heavy (non-hydrogen) atoms. The van der Waals surface area contributed by atoms with Crippen molar-refractivity contribution >= 4 is 5.91 Å². The normalized spacial score (nSPS) is 16.6. The lowest BCUT2D eigenvalue weighted by atomic mass is 10.0. The molecule has 1 aliphatic heterocycles. The zero-order valence-corrected chi connectivity index (χ0v) is 11.1. The molecule has 98 valence electrons. The van der Waals surface area contributed by atoms with Gasteiger partial charge in [0.1, 0.15) is 0 Å². The minimum absolute atomic E-state index is 0.134. The minimum Gasteiger partial charge on any atom is -0.336 e. The van der Waals surface area contributed by atoms with E-state index >= 15 is 0 Å². The number of aromatic nitrogens is 1. The van der Waals surface area contributed by atoms with E-state index in [4.69, 9.17) is 0 Å². The Kier molecular flexibility index (Phi) is 4.31. The van der Waals surface area contributed by atoms with Crippen molar-refractivity contribution in [2.75, 3.05) is 19.6 Å². The molecule has 0 aliphatic carbocycles. The van der Waals surface area contributed by atoms with E-state index in [0.29, 0.717) is 6.04 Å². The van der Waals surface area contributed by atoms with Crippen LogP contribution in [0.5, 0.6) is 0 Å². The van der Waals surface area contributed by atoms with Crippen molar-refractivity contribution in [3.63, 3.8) is 0 Å². The summed E-state index contributed by atoms with van der Waals surface area (Å²) in [6.45, 7) is 6.74. The molecular weight excluding hydrogens is 226 g/mol. The number of pyridine rings is 1. The highest BCUT2D eigenvalue weighted by atomic mass is 16.2. The monoisotopic (exact) mass is 247 g/mol. The topological polar surface area (TPSA) is 45.2 Å². The second-order valence-corrected chi connectivity index (χ2v) is 4.76. The molecule has 0 saturated carbocycles. The molecule has 0 aromatic carbocycles. The molecule has 4 nitrogen and oxygen atoms in total. The third-order valence-corrected chi connectivity index (χ3v) is 3.49. The summed E-state index contributed by atoms with van der Waals surface area (Å²) < 4.78 is 0. The minimum atomic E-state index is 0.134. The summed E-state index contributed by atoms with van der Waals surface area (Å²) in [5.41, 5.74) is 1.64. The number of carbonyl (C=O) groups excluding carboxylic acids is 1. The summed E-state index contributed by atoms with van der Waals surface area (Å²) in [6.07, 6.45) is 3.80. The predicted molar refractivity (Wildman–Crippen MR) is 71.6 cm³/mol. The zero-order chi connectivity index (χ0) is 13.0. The van der Waals surface area contributed by atoms with Crippen LogP contribution < -0.4 is 5.32 Å². The van der Waals surface area contributed by atoms with Crippen molar-refractivity contribution in [3.05, 3.63) is 29.6 Å². The Bertz CT molecular complexity index is 413. The van der Waals surface area contributed by atoms with Crippen molar-refractivity contribution in [1.82, 2.24) is 15.2 Å². The quantitative estimate of drug-likeness (QED) is 0.882. The maximum Gasteiger partial charge on any atom is 0.254 e. The fourth-order valence-corrected chi connectivity index (χ4v) is 2.53. The van der Waals surface area contributed by atoms with Crippen LogP contribution in [0.2, 0.25) is 0 Å². The maximum absolute atomic E-state index is 12.5. The molecule has 2 rings (SSSR count). The summed E-state index contributed by atoms with van der Waals surface area (Å²) in [5.74, 6) is 0.134. The van der Waals surface area contributed by atoms with Crippen molar-refractivity contribution < 1.29 is 4.79 Å². The molecule has 4 heteroatoms. The van der Waals surface area contributed by atoms with E-state index in [2.05, 4.69) is 10.3 Å². The Morgan fingerprint density at radius 1 is 1.50 bits per heavy atom. The highest BCUT2D eigenvalue weighted by Crippen LogP contribution is 2.15. The van der Waals surface area contributed by atoms with E-state index in [1.807, 2.05) is 24.8 Å². The van der Waals surface area contributed by atoms with Crippen molar-refractivity contribution in [2.24, 2.45) is 0 Å². The van der Waals surface area contributed by atoms with Gasteiger partial charge in [-0.1, -0.05) is 0 Å². The number of nitrogens with zero attached hydrogens (tertiary/aromatic N) is 2. The van der Waals surface area contributed by atoms with Gasteiger partial charge in [0.05, 0.1) is 0 Å². The number of amides is 1. The second-order valence-electron chi connectivity index (χ2n) is 4.76. The van der Waals surface area contributed by atoms with Gasteiger partial charge in [0.2, 0.25) is 0 Å². The van der Waals surface area contributed by atoms with Gasteiger partial charge >= 0.3 is 0 Å². The van der Waals surface area contributed by atoms with Crippen LogP contribution in [-0.4, -0.2) is 41.5 Å². The van der Waals surface area contributed by atoms with Gasteiger partial charge < -0.3 is 10.2 Å². The van der Waals surface area contributed by atoms with Gasteiger partial charge in [-0.05, 0) is 51.9 Å². The average molecular weight is 247 g/mol. The molecule has 1 aromatic heterocycles. The summed E-state index contributed by atoms with van der Waals surface area (Å²) in [4.78, 5) is 18.6. The second kappa shape index (κ2) is 5.96. The van der Waals surface area contributed by atoms with E-state index in [9.17, 15) is 4.79 Å². The average Bonchev–Trinajstić information content (AvgIpc) is 2.41. The molecule has 1 aliphatic rings. The summed E-state index contributed by atoms with van der Waals surface area (Å²) in [5, 5.41) is 3.33. The van der Waals surface area contributed by atoms with Gasteiger partial charge in [0.25, 0.3) is 5.91 Å². The van der Waals surface area contributed by atoms with Crippen LogP contribution >= 0.6 is 0 Å². The Hall–Kier alpha value is -1.42. The molecule has 0 spiro atoms. The van der Waals surface area contributed by atoms with Crippen molar-refractivity contribution in [1.29, 1.82) is 0 Å². The third kappa shape index (κ3) is 2.88. The number of nitrogens with one attached hydrogen (secondary N) is 1. The first-order chi connectivity index (χ1) is 8.72. The van der Waals surface area contributed by atoms with Gasteiger partial charge in [-0.3, -0.25) is 9.78 Å².